The first kappa shape index (κ1) is 19.0. The third-order valence-corrected chi connectivity index (χ3v) is 5.42. The molecule has 1 fully saturated rings. The van der Waals surface area contributed by atoms with E-state index in [1.165, 1.54) is 0 Å². The van der Waals surface area contributed by atoms with E-state index >= 15 is 0 Å². The summed E-state index contributed by atoms with van der Waals surface area (Å²) in [5, 5.41) is 9.49. The van der Waals surface area contributed by atoms with Crippen molar-refractivity contribution in [3.05, 3.63) is 59.4 Å². The summed E-state index contributed by atoms with van der Waals surface area (Å²) in [6, 6.07) is 10.2. The topological polar surface area (TPSA) is 57.9 Å². The van der Waals surface area contributed by atoms with Gasteiger partial charge in [-0.3, -0.25) is 9.88 Å². The summed E-state index contributed by atoms with van der Waals surface area (Å²) in [5.74, 6) is 0.134. The number of halogens is 1. The van der Waals surface area contributed by atoms with Crippen LogP contribution in [0.5, 0.6) is 0 Å². The average molecular weight is 374 g/mol. The van der Waals surface area contributed by atoms with E-state index in [4.69, 9.17) is 0 Å². The molecule has 2 atom stereocenters. The first-order valence-corrected chi connectivity index (χ1v) is 9.04. The molecule has 1 amide bonds. The number of pyridine rings is 1. The van der Waals surface area contributed by atoms with Crippen LogP contribution in [0.15, 0.2) is 42.7 Å². The second-order valence-electron chi connectivity index (χ2n) is 7.00. The Labute approximate surface area is 160 Å². The van der Waals surface area contributed by atoms with Crippen LogP contribution in [-0.2, 0) is 13.0 Å². The molecule has 138 valence electrons. The van der Waals surface area contributed by atoms with E-state index in [2.05, 4.69) is 16.0 Å². The SMILES string of the molecule is O=C1c2ccccc2CC[NH+]1c1cncc(CN2CCC[C@@H]2CO)c1.[Cl-]. The number of carbonyl (C=O) groups is 1. The molecule has 1 saturated heterocycles. The number of likely N-dealkylation sites (tertiary alicyclic amines) is 1. The lowest BCUT2D eigenvalue weighted by Gasteiger charge is -2.24. The van der Waals surface area contributed by atoms with E-state index in [1.807, 2.05) is 30.5 Å². The second-order valence-corrected chi connectivity index (χ2v) is 7.00. The van der Waals surface area contributed by atoms with Crippen molar-refractivity contribution in [1.29, 1.82) is 0 Å². The Morgan fingerprint density at radius 3 is 2.96 bits per heavy atom. The molecule has 6 heteroatoms. The molecule has 26 heavy (non-hydrogen) atoms. The van der Waals surface area contributed by atoms with Crippen LogP contribution < -0.4 is 17.3 Å². The number of rotatable bonds is 4. The lowest BCUT2D eigenvalue weighted by Crippen LogP contribution is -3.11. The van der Waals surface area contributed by atoms with Gasteiger partial charge in [-0.15, -0.1) is 0 Å². The fourth-order valence-electron chi connectivity index (χ4n) is 4.05. The van der Waals surface area contributed by atoms with Gasteiger partial charge in [0.15, 0.2) is 5.69 Å². The van der Waals surface area contributed by atoms with E-state index in [-0.39, 0.29) is 31.0 Å². The molecule has 1 unspecified atom stereocenters. The van der Waals surface area contributed by atoms with Gasteiger partial charge in [-0.25, -0.2) is 9.69 Å². The van der Waals surface area contributed by atoms with Crippen LogP contribution in [0.4, 0.5) is 5.69 Å². The molecule has 2 aliphatic heterocycles. The first-order valence-electron chi connectivity index (χ1n) is 9.04. The molecule has 0 bridgehead atoms. The predicted molar refractivity (Wildman–Crippen MR) is 94.7 cm³/mol. The summed E-state index contributed by atoms with van der Waals surface area (Å²) in [5.41, 5.74) is 4.02. The summed E-state index contributed by atoms with van der Waals surface area (Å²) in [4.78, 5) is 20.4. The van der Waals surface area contributed by atoms with Crippen LogP contribution in [0.3, 0.4) is 0 Å². The van der Waals surface area contributed by atoms with Crippen molar-refractivity contribution in [3.63, 3.8) is 0 Å². The zero-order valence-corrected chi connectivity index (χ0v) is 15.5. The Hall–Kier alpha value is -1.79. The zero-order chi connectivity index (χ0) is 17.2. The number of nitrogens with zero attached hydrogens (tertiary/aromatic N) is 2. The summed E-state index contributed by atoms with van der Waals surface area (Å²) in [6.07, 6.45) is 6.76. The van der Waals surface area contributed by atoms with Crippen molar-refractivity contribution in [3.8, 4) is 0 Å². The van der Waals surface area contributed by atoms with E-state index in [0.717, 1.165) is 66.2 Å². The number of benzene rings is 1. The maximum Gasteiger partial charge on any atom is 0.349 e. The van der Waals surface area contributed by atoms with Gasteiger partial charge >= 0.3 is 5.91 Å². The number of nitrogens with one attached hydrogen (secondary N) is 1. The third-order valence-electron chi connectivity index (χ3n) is 5.42. The molecular formula is C20H24ClN3O2. The van der Waals surface area contributed by atoms with Crippen LogP contribution in [0.1, 0.15) is 34.3 Å². The lowest BCUT2D eigenvalue weighted by atomic mass is 9.99. The molecule has 2 aliphatic rings. The highest BCUT2D eigenvalue weighted by molar-refractivity contribution is 5.91. The molecule has 4 rings (SSSR count). The van der Waals surface area contributed by atoms with Crippen molar-refractivity contribution in [2.75, 3.05) is 19.7 Å². The quantitative estimate of drug-likeness (QED) is 0.648. The molecule has 5 nitrogen and oxygen atoms in total. The number of hydrogen-bond donors (Lipinski definition) is 2. The maximum atomic E-state index is 12.9. The number of hydrogen-bond acceptors (Lipinski definition) is 4. The van der Waals surface area contributed by atoms with Gasteiger partial charge in [0.25, 0.3) is 0 Å². The van der Waals surface area contributed by atoms with Crippen molar-refractivity contribution in [2.24, 2.45) is 0 Å². The zero-order valence-electron chi connectivity index (χ0n) is 14.7. The summed E-state index contributed by atoms with van der Waals surface area (Å²) >= 11 is 0. The number of amides is 1. The standard InChI is InChI=1S/C20H23N3O2.ClH/c24-14-17-5-3-8-22(17)13-15-10-18(12-21-11-15)23-9-7-16-4-1-2-6-19(16)20(23)25;/h1-2,4,6,10-12,17,24H,3,5,7-9,13-14H2;1H/t17-;/m1./s1. The van der Waals surface area contributed by atoms with Crippen LogP contribution in [0.25, 0.3) is 0 Å². The second kappa shape index (κ2) is 8.27. The molecular weight excluding hydrogens is 350 g/mol. The van der Waals surface area contributed by atoms with E-state index in [0.29, 0.717) is 0 Å². The van der Waals surface area contributed by atoms with Gasteiger partial charge in [-0.2, -0.15) is 0 Å². The highest BCUT2D eigenvalue weighted by Crippen LogP contribution is 2.20. The third kappa shape index (κ3) is 3.67. The van der Waals surface area contributed by atoms with Gasteiger partial charge in [0.2, 0.25) is 0 Å². The molecule has 0 saturated carbocycles. The van der Waals surface area contributed by atoms with Gasteiger partial charge in [0.05, 0.1) is 24.9 Å². The minimum Gasteiger partial charge on any atom is -1.00 e. The van der Waals surface area contributed by atoms with Crippen LogP contribution in [0, 0.1) is 0 Å². The highest BCUT2D eigenvalue weighted by atomic mass is 35.5. The fourth-order valence-corrected chi connectivity index (χ4v) is 4.05. The molecule has 1 aromatic carbocycles. The van der Waals surface area contributed by atoms with E-state index in [1.54, 1.807) is 6.20 Å². The van der Waals surface area contributed by atoms with E-state index < -0.39 is 0 Å². The Kier molecular flexibility index (Phi) is 6.04. The van der Waals surface area contributed by atoms with E-state index in [9.17, 15) is 9.90 Å². The largest absolute Gasteiger partial charge is 1.00 e. The van der Waals surface area contributed by atoms with Gasteiger partial charge in [-0.05, 0) is 36.6 Å². The fraction of sp³-hybridized carbons (Fsp3) is 0.400. The number of aliphatic hydroxyl groups is 1. The monoisotopic (exact) mass is 373 g/mol. The van der Waals surface area contributed by atoms with Crippen molar-refractivity contribution >= 4 is 11.6 Å². The molecule has 3 heterocycles. The number of fused-ring (bicyclic) bond motifs is 1. The average Bonchev–Trinajstić information content (AvgIpc) is 3.09. The minimum atomic E-state index is 0. The van der Waals surface area contributed by atoms with Gasteiger partial charge < -0.3 is 17.5 Å². The molecule has 0 radical (unpaired) electrons. The van der Waals surface area contributed by atoms with Gasteiger partial charge in [0, 0.05) is 31.3 Å². The molecule has 0 spiro atoms. The van der Waals surface area contributed by atoms with Crippen LogP contribution >= 0.6 is 0 Å². The van der Waals surface area contributed by atoms with Gasteiger partial charge in [-0.1, -0.05) is 18.2 Å². The minimum absolute atomic E-state index is 0. The lowest BCUT2D eigenvalue weighted by molar-refractivity contribution is -0.743. The maximum absolute atomic E-state index is 12.9. The number of quaternary nitrogens is 1. The number of aromatic nitrogens is 1. The normalized spacial score (nSPS) is 22.7. The van der Waals surface area contributed by atoms with Crippen molar-refractivity contribution < 1.29 is 27.2 Å². The van der Waals surface area contributed by atoms with Crippen molar-refractivity contribution in [1.82, 2.24) is 9.88 Å². The Bertz CT molecular complexity index is 783. The molecule has 0 aliphatic carbocycles. The highest BCUT2D eigenvalue weighted by Gasteiger charge is 2.31. The van der Waals surface area contributed by atoms with Crippen LogP contribution in [-0.4, -0.2) is 46.6 Å². The number of carbonyl (C=O) groups excluding carboxylic acids is 1. The predicted octanol–water partition coefficient (Wildman–Crippen LogP) is -2.04. The Morgan fingerprint density at radius 2 is 2.12 bits per heavy atom. The Balaban J connectivity index is 0.00000196. The smallest absolute Gasteiger partial charge is 0.349 e. The van der Waals surface area contributed by atoms with Crippen LogP contribution in [0.2, 0.25) is 0 Å². The molecule has 1 aromatic heterocycles. The summed E-state index contributed by atoms with van der Waals surface area (Å²) < 4.78 is 0. The van der Waals surface area contributed by atoms with Gasteiger partial charge in [0.1, 0.15) is 0 Å². The number of aliphatic hydroxyl groups excluding tert-OH is 1. The summed E-state index contributed by atoms with van der Waals surface area (Å²) in [7, 11) is 0. The van der Waals surface area contributed by atoms with Crippen molar-refractivity contribution in [2.45, 2.75) is 31.8 Å². The first-order chi connectivity index (χ1) is 12.3. The summed E-state index contributed by atoms with van der Waals surface area (Å²) in [6.45, 7) is 2.77. The Morgan fingerprint density at radius 1 is 1.27 bits per heavy atom. The molecule has 2 aromatic rings. The molecule has 2 N–H and O–H groups in total.